The van der Waals surface area contributed by atoms with Gasteiger partial charge in [0.2, 0.25) is 0 Å². The average molecular weight is 381 g/mol. The van der Waals surface area contributed by atoms with E-state index < -0.39 is 0 Å². The summed E-state index contributed by atoms with van der Waals surface area (Å²) >= 11 is 0. The Labute approximate surface area is 168 Å². The molecule has 9 heteroatoms. The van der Waals surface area contributed by atoms with Crippen molar-refractivity contribution in [2.45, 2.75) is 0 Å². The molecule has 9 nitrogen and oxygen atoms in total. The largest absolute Gasteiger partial charge is 0.232 e. The van der Waals surface area contributed by atoms with Crippen LogP contribution >= 0.6 is 0 Å². The lowest BCUT2D eigenvalue weighted by Gasteiger charge is -2.10. The molecule has 0 aliphatic heterocycles. The van der Waals surface area contributed by atoms with Crippen LogP contribution in [-0.2, 0) is 0 Å². The standard InChI is InChI=1S/C21H3N9/c1-2-14-15(7-24)28-18-12-3-10(5-22)11(6-23)4-13(12)19-21(20(18)27-14)30-17(9-26)16(8-25)29-19/h1,3-4H. The maximum absolute atomic E-state index is 9.40. The molecule has 2 aromatic heterocycles. The fourth-order valence-corrected chi connectivity index (χ4v) is 3.09. The molecule has 0 saturated carbocycles. The first kappa shape index (κ1) is 17.8. The van der Waals surface area contributed by atoms with Crippen molar-refractivity contribution in [1.29, 1.82) is 26.3 Å². The summed E-state index contributed by atoms with van der Waals surface area (Å²) in [7, 11) is 0. The van der Waals surface area contributed by atoms with Gasteiger partial charge in [-0.3, -0.25) is 0 Å². The third-order valence-electron chi connectivity index (χ3n) is 4.38. The number of hydrogen-bond donors (Lipinski definition) is 0. The first-order valence-electron chi connectivity index (χ1n) is 8.10. The van der Waals surface area contributed by atoms with E-state index in [9.17, 15) is 26.3 Å². The van der Waals surface area contributed by atoms with Crippen molar-refractivity contribution in [2.24, 2.45) is 0 Å². The highest BCUT2D eigenvalue weighted by Gasteiger charge is 2.20. The Kier molecular flexibility index (Phi) is 3.87. The van der Waals surface area contributed by atoms with E-state index in [1.807, 2.05) is 30.3 Å². The molecule has 0 N–H and O–H groups in total. The third kappa shape index (κ3) is 2.32. The van der Waals surface area contributed by atoms with Gasteiger partial charge >= 0.3 is 0 Å². The summed E-state index contributed by atoms with van der Waals surface area (Å²) in [6, 6.07) is 12.3. The Morgan fingerprint density at radius 1 is 0.533 bits per heavy atom. The zero-order valence-corrected chi connectivity index (χ0v) is 14.8. The average Bonchev–Trinajstić information content (AvgIpc) is 2.81. The second-order valence-corrected chi connectivity index (χ2v) is 5.88. The van der Waals surface area contributed by atoms with Gasteiger partial charge in [0.15, 0.2) is 17.1 Å². The molecule has 2 heterocycles. The summed E-state index contributed by atoms with van der Waals surface area (Å²) in [5.74, 6) is 2.29. The lowest BCUT2D eigenvalue weighted by molar-refractivity contribution is 1.19. The molecule has 0 atom stereocenters. The van der Waals surface area contributed by atoms with Gasteiger partial charge in [-0.25, -0.2) is 19.9 Å². The Bertz CT molecular complexity index is 1350. The van der Waals surface area contributed by atoms with Crippen LogP contribution in [0.25, 0.3) is 32.8 Å². The molecule has 0 aliphatic rings. The summed E-state index contributed by atoms with van der Waals surface area (Å²) in [5, 5.41) is 47.6. The molecule has 132 valence electrons. The van der Waals surface area contributed by atoms with Gasteiger partial charge in [0.25, 0.3) is 0 Å². The molecule has 0 radical (unpaired) electrons. The molecule has 4 rings (SSSR count). The van der Waals surface area contributed by atoms with Crippen LogP contribution in [0.15, 0.2) is 12.1 Å². The molecule has 0 saturated heterocycles. The van der Waals surface area contributed by atoms with Crippen LogP contribution in [0, 0.1) is 69.0 Å². The number of fused-ring (bicyclic) bond motifs is 6. The van der Waals surface area contributed by atoms with E-state index in [1.165, 1.54) is 12.1 Å². The van der Waals surface area contributed by atoms with Crippen molar-refractivity contribution < 1.29 is 0 Å². The third-order valence-corrected chi connectivity index (χ3v) is 4.38. The molecule has 2 aromatic carbocycles. The minimum absolute atomic E-state index is 0.0236. The zero-order valence-electron chi connectivity index (χ0n) is 14.8. The summed E-state index contributed by atoms with van der Waals surface area (Å²) in [6.45, 7) is 0. The number of terminal acetylenes is 1. The molecule has 0 bridgehead atoms. The van der Waals surface area contributed by atoms with E-state index in [0.29, 0.717) is 10.8 Å². The lowest BCUT2D eigenvalue weighted by atomic mass is 9.99. The molecule has 30 heavy (non-hydrogen) atoms. The normalized spacial score (nSPS) is 9.80. The van der Waals surface area contributed by atoms with Crippen LogP contribution < -0.4 is 0 Å². The highest BCUT2D eigenvalue weighted by atomic mass is 14.9. The maximum atomic E-state index is 9.40. The SMILES string of the molecule is C#Cc1nc2c(nc1C#N)c1cc(C#N)c(C#N)cc1c1nc(C#N)c(C#N)nc12. The first-order chi connectivity index (χ1) is 14.6. The summed E-state index contributed by atoms with van der Waals surface area (Å²) in [5.41, 5.74) is 0.327. The van der Waals surface area contributed by atoms with E-state index in [1.54, 1.807) is 0 Å². The lowest BCUT2D eigenvalue weighted by Crippen LogP contribution is -2.02. The quantitative estimate of drug-likeness (QED) is 0.326. The van der Waals surface area contributed by atoms with E-state index in [4.69, 9.17) is 6.42 Å². The molecule has 4 aromatic rings. The minimum atomic E-state index is -0.215. The smallest absolute Gasteiger partial charge is 0.177 e. The van der Waals surface area contributed by atoms with E-state index in [0.717, 1.165) is 0 Å². The van der Waals surface area contributed by atoms with Gasteiger partial charge in [0.05, 0.1) is 11.1 Å². The van der Waals surface area contributed by atoms with Gasteiger partial charge in [-0.05, 0) is 18.1 Å². The Morgan fingerprint density at radius 3 is 1.27 bits per heavy atom. The Hall–Kier alpha value is -5.61. The van der Waals surface area contributed by atoms with Crippen LogP contribution in [-0.4, -0.2) is 19.9 Å². The molecule has 0 amide bonds. The maximum Gasteiger partial charge on any atom is 0.177 e. The highest BCUT2D eigenvalue weighted by Crippen LogP contribution is 2.34. The van der Waals surface area contributed by atoms with Gasteiger partial charge in [0, 0.05) is 10.8 Å². The summed E-state index contributed by atoms with van der Waals surface area (Å²) < 4.78 is 0. The molecule has 0 aliphatic carbocycles. The first-order valence-corrected chi connectivity index (χ1v) is 8.10. The van der Waals surface area contributed by atoms with Crippen molar-refractivity contribution in [3.05, 3.63) is 46.0 Å². The number of aromatic nitrogens is 4. The number of hydrogen-bond acceptors (Lipinski definition) is 9. The predicted molar refractivity (Wildman–Crippen MR) is 102 cm³/mol. The second kappa shape index (κ2) is 6.53. The van der Waals surface area contributed by atoms with E-state index in [-0.39, 0.29) is 56.0 Å². The van der Waals surface area contributed by atoms with Crippen molar-refractivity contribution in [3.8, 4) is 42.7 Å². The Morgan fingerprint density at radius 2 is 0.900 bits per heavy atom. The van der Waals surface area contributed by atoms with Crippen molar-refractivity contribution in [2.75, 3.05) is 0 Å². The van der Waals surface area contributed by atoms with Crippen LogP contribution in [0.2, 0.25) is 0 Å². The monoisotopic (exact) mass is 381 g/mol. The fourth-order valence-electron chi connectivity index (χ4n) is 3.09. The van der Waals surface area contributed by atoms with Gasteiger partial charge in [0.1, 0.15) is 58.1 Å². The summed E-state index contributed by atoms with van der Waals surface area (Å²) in [4.78, 5) is 17.1. The summed E-state index contributed by atoms with van der Waals surface area (Å²) in [6.07, 6.45) is 5.45. The van der Waals surface area contributed by atoms with Gasteiger partial charge in [-0.2, -0.15) is 26.3 Å². The predicted octanol–water partition coefficient (Wildman–Crippen LogP) is 2.07. The van der Waals surface area contributed by atoms with Gasteiger partial charge < -0.3 is 0 Å². The number of nitrogens with zero attached hydrogens (tertiary/aromatic N) is 9. The number of rotatable bonds is 0. The zero-order chi connectivity index (χ0) is 21.4. The molecular weight excluding hydrogens is 378 g/mol. The van der Waals surface area contributed by atoms with Crippen LogP contribution in [0.5, 0.6) is 0 Å². The van der Waals surface area contributed by atoms with Gasteiger partial charge in [-0.15, -0.1) is 6.42 Å². The van der Waals surface area contributed by atoms with Crippen LogP contribution in [0.1, 0.15) is 33.9 Å². The number of nitriles is 5. The van der Waals surface area contributed by atoms with Crippen molar-refractivity contribution in [3.63, 3.8) is 0 Å². The molecule has 0 spiro atoms. The van der Waals surface area contributed by atoms with Crippen LogP contribution in [0.3, 0.4) is 0 Å². The van der Waals surface area contributed by atoms with Crippen molar-refractivity contribution in [1.82, 2.24) is 19.9 Å². The number of benzene rings is 2. The second-order valence-electron chi connectivity index (χ2n) is 5.88. The Balaban J connectivity index is 2.42. The topological polar surface area (TPSA) is 171 Å². The van der Waals surface area contributed by atoms with Crippen LogP contribution in [0.4, 0.5) is 0 Å². The molecular formula is C21H3N9. The van der Waals surface area contributed by atoms with Crippen molar-refractivity contribution >= 4 is 32.8 Å². The molecule has 0 unspecified atom stereocenters. The minimum Gasteiger partial charge on any atom is -0.232 e. The fraction of sp³-hybridized carbons (Fsp3) is 0. The van der Waals surface area contributed by atoms with Gasteiger partial charge in [-0.1, -0.05) is 0 Å². The van der Waals surface area contributed by atoms with E-state index in [2.05, 4.69) is 25.9 Å². The molecule has 0 fully saturated rings. The highest BCUT2D eigenvalue weighted by molar-refractivity contribution is 6.21. The van der Waals surface area contributed by atoms with E-state index >= 15 is 0 Å².